The van der Waals surface area contributed by atoms with E-state index >= 15 is 0 Å². The van der Waals surface area contributed by atoms with Gasteiger partial charge in [-0.2, -0.15) is 0 Å². The largest absolute Gasteiger partial charge is 0.280 e. The monoisotopic (exact) mass is 167 g/mol. The first-order valence-electron chi connectivity index (χ1n) is 4.06. The lowest BCUT2D eigenvalue weighted by Crippen LogP contribution is -2.36. The van der Waals surface area contributed by atoms with Gasteiger partial charge in [0.05, 0.1) is 5.92 Å². The number of carbonyl (C=O) groups excluding carboxylic acids is 2. The van der Waals surface area contributed by atoms with Crippen LogP contribution in [0.25, 0.3) is 0 Å². The molecule has 1 rings (SSSR count). The van der Waals surface area contributed by atoms with Crippen LogP contribution in [0.4, 0.5) is 0 Å². The van der Waals surface area contributed by atoms with Crippen molar-refractivity contribution >= 4 is 11.8 Å². The molecule has 2 amide bonds. The Morgan fingerprint density at radius 1 is 1.58 bits per heavy atom. The van der Waals surface area contributed by atoms with Crippen LogP contribution in [0.1, 0.15) is 20.3 Å². The van der Waals surface area contributed by atoms with Crippen LogP contribution in [-0.4, -0.2) is 22.8 Å². The summed E-state index contributed by atoms with van der Waals surface area (Å²) in [4.78, 5) is 24.0. The van der Waals surface area contributed by atoms with Crippen LogP contribution in [0.15, 0.2) is 12.7 Å². The zero-order valence-corrected chi connectivity index (χ0v) is 7.41. The summed E-state index contributed by atoms with van der Waals surface area (Å²) in [6.45, 7) is 7.19. The maximum absolute atomic E-state index is 11.4. The summed E-state index contributed by atoms with van der Waals surface area (Å²) < 4.78 is 0. The number of nitrogens with zero attached hydrogens (tertiary/aromatic N) is 1. The van der Waals surface area contributed by atoms with Gasteiger partial charge in [0.2, 0.25) is 11.8 Å². The van der Waals surface area contributed by atoms with E-state index in [0.717, 1.165) is 0 Å². The maximum Gasteiger partial charge on any atom is 0.236 e. The molecule has 1 unspecified atom stereocenters. The summed E-state index contributed by atoms with van der Waals surface area (Å²) in [5.74, 6) is -0.482. The molecular formula is C9H13NO2. The van der Waals surface area contributed by atoms with E-state index in [0.29, 0.717) is 6.42 Å². The molecule has 66 valence electrons. The summed E-state index contributed by atoms with van der Waals surface area (Å²) in [7, 11) is 0. The zero-order chi connectivity index (χ0) is 9.30. The van der Waals surface area contributed by atoms with Crippen molar-refractivity contribution in [1.82, 2.24) is 4.90 Å². The zero-order valence-electron chi connectivity index (χ0n) is 7.41. The van der Waals surface area contributed by atoms with Gasteiger partial charge in [0.1, 0.15) is 0 Å². The molecule has 3 nitrogen and oxygen atoms in total. The van der Waals surface area contributed by atoms with Crippen molar-refractivity contribution in [2.75, 3.05) is 0 Å². The highest BCUT2D eigenvalue weighted by Gasteiger charge is 2.37. The van der Waals surface area contributed by atoms with Crippen molar-refractivity contribution in [3.63, 3.8) is 0 Å². The van der Waals surface area contributed by atoms with Crippen molar-refractivity contribution in [2.45, 2.75) is 26.3 Å². The van der Waals surface area contributed by atoms with Crippen molar-refractivity contribution in [2.24, 2.45) is 5.92 Å². The first-order chi connectivity index (χ1) is 5.57. The molecule has 0 spiro atoms. The van der Waals surface area contributed by atoms with Gasteiger partial charge in [-0.25, -0.2) is 0 Å². The minimum Gasteiger partial charge on any atom is -0.280 e. The molecule has 0 aromatic carbocycles. The standard InChI is InChI=1S/C9H13NO2/c1-4-7-5-8(11)10(6(2)3)9(7)12/h4,6-7H,1,5H2,2-3H3. The summed E-state index contributed by atoms with van der Waals surface area (Å²) in [5.41, 5.74) is 0. The molecule has 0 radical (unpaired) electrons. The van der Waals surface area contributed by atoms with Crippen LogP contribution in [0.3, 0.4) is 0 Å². The molecule has 0 N–H and O–H groups in total. The average molecular weight is 167 g/mol. The van der Waals surface area contributed by atoms with Crippen LogP contribution in [0, 0.1) is 5.92 Å². The van der Waals surface area contributed by atoms with Gasteiger partial charge >= 0.3 is 0 Å². The Morgan fingerprint density at radius 3 is 2.42 bits per heavy atom. The van der Waals surface area contributed by atoms with Gasteiger partial charge in [0, 0.05) is 12.5 Å². The van der Waals surface area contributed by atoms with Gasteiger partial charge < -0.3 is 0 Å². The fourth-order valence-electron chi connectivity index (χ4n) is 1.40. The van der Waals surface area contributed by atoms with Crippen LogP contribution in [0.5, 0.6) is 0 Å². The highest BCUT2D eigenvalue weighted by atomic mass is 16.2. The van der Waals surface area contributed by atoms with Crippen molar-refractivity contribution in [3.05, 3.63) is 12.7 Å². The molecular weight excluding hydrogens is 154 g/mol. The second-order valence-electron chi connectivity index (χ2n) is 3.24. The summed E-state index contributed by atoms with van der Waals surface area (Å²) in [6, 6.07) is -0.0325. The lowest BCUT2D eigenvalue weighted by Gasteiger charge is -2.18. The SMILES string of the molecule is C=CC1CC(=O)N(C(C)C)C1=O. The lowest BCUT2D eigenvalue weighted by molar-refractivity contribution is -0.140. The predicted octanol–water partition coefficient (Wildman–Crippen LogP) is 0.956. The van der Waals surface area contributed by atoms with E-state index in [1.807, 2.05) is 13.8 Å². The van der Waals surface area contributed by atoms with Crippen molar-refractivity contribution in [3.8, 4) is 0 Å². The van der Waals surface area contributed by atoms with E-state index in [2.05, 4.69) is 6.58 Å². The normalized spacial score (nSPS) is 23.9. The average Bonchev–Trinajstić information content (AvgIpc) is 2.25. The quantitative estimate of drug-likeness (QED) is 0.453. The van der Waals surface area contributed by atoms with E-state index < -0.39 is 0 Å². The molecule has 0 aromatic rings. The van der Waals surface area contributed by atoms with Crippen LogP contribution < -0.4 is 0 Å². The van der Waals surface area contributed by atoms with Gasteiger partial charge in [-0.3, -0.25) is 14.5 Å². The fraction of sp³-hybridized carbons (Fsp3) is 0.556. The number of carbonyl (C=O) groups is 2. The molecule has 1 fully saturated rings. The summed E-state index contributed by atoms with van der Waals surface area (Å²) >= 11 is 0. The Bertz CT molecular complexity index is 233. The van der Waals surface area contributed by atoms with E-state index in [1.165, 1.54) is 4.90 Å². The molecule has 0 aliphatic carbocycles. The first-order valence-corrected chi connectivity index (χ1v) is 4.06. The molecule has 1 saturated heterocycles. The van der Waals surface area contributed by atoms with Gasteiger partial charge in [0.25, 0.3) is 0 Å². The Kier molecular flexibility index (Phi) is 2.31. The molecule has 0 saturated carbocycles. The minimum atomic E-state index is -0.292. The number of rotatable bonds is 2. The molecule has 1 aliphatic heterocycles. The molecule has 0 aromatic heterocycles. The number of imide groups is 1. The van der Waals surface area contributed by atoms with Gasteiger partial charge in [0.15, 0.2) is 0 Å². The third kappa shape index (κ3) is 1.26. The number of likely N-dealkylation sites (tertiary alicyclic amines) is 1. The first kappa shape index (κ1) is 8.97. The van der Waals surface area contributed by atoms with Gasteiger partial charge in [-0.05, 0) is 13.8 Å². The highest BCUT2D eigenvalue weighted by molar-refractivity contribution is 6.04. The predicted molar refractivity (Wildman–Crippen MR) is 45.3 cm³/mol. The highest BCUT2D eigenvalue weighted by Crippen LogP contribution is 2.21. The Labute approximate surface area is 72.0 Å². The fourth-order valence-corrected chi connectivity index (χ4v) is 1.40. The molecule has 1 aliphatic rings. The third-order valence-corrected chi connectivity index (χ3v) is 2.02. The second-order valence-corrected chi connectivity index (χ2v) is 3.24. The summed E-state index contributed by atoms with van der Waals surface area (Å²) in [5, 5.41) is 0. The minimum absolute atomic E-state index is 0.0325. The second kappa shape index (κ2) is 3.09. The Morgan fingerprint density at radius 2 is 2.17 bits per heavy atom. The van der Waals surface area contributed by atoms with Gasteiger partial charge in [-0.15, -0.1) is 6.58 Å². The van der Waals surface area contributed by atoms with Crippen LogP contribution in [0.2, 0.25) is 0 Å². The Balaban J connectivity index is 2.84. The van der Waals surface area contributed by atoms with Crippen LogP contribution in [-0.2, 0) is 9.59 Å². The van der Waals surface area contributed by atoms with E-state index in [9.17, 15) is 9.59 Å². The Hall–Kier alpha value is -1.12. The molecule has 12 heavy (non-hydrogen) atoms. The lowest BCUT2D eigenvalue weighted by atomic mass is 10.1. The van der Waals surface area contributed by atoms with Crippen molar-refractivity contribution in [1.29, 1.82) is 0 Å². The van der Waals surface area contributed by atoms with E-state index in [4.69, 9.17) is 0 Å². The summed E-state index contributed by atoms with van der Waals surface area (Å²) in [6.07, 6.45) is 1.84. The molecule has 1 atom stereocenters. The smallest absolute Gasteiger partial charge is 0.236 e. The molecule has 3 heteroatoms. The molecule has 1 heterocycles. The van der Waals surface area contributed by atoms with E-state index in [1.54, 1.807) is 6.08 Å². The van der Waals surface area contributed by atoms with Gasteiger partial charge in [-0.1, -0.05) is 6.08 Å². The number of amides is 2. The maximum atomic E-state index is 11.4. The number of hydrogen-bond acceptors (Lipinski definition) is 2. The van der Waals surface area contributed by atoms with E-state index in [-0.39, 0.29) is 23.8 Å². The molecule has 0 bridgehead atoms. The van der Waals surface area contributed by atoms with Crippen LogP contribution >= 0.6 is 0 Å². The topological polar surface area (TPSA) is 37.4 Å². The number of hydrogen-bond donors (Lipinski definition) is 0. The van der Waals surface area contributed by atoms with Crippen molar-refractivity contribution < 1.29 is 9.59 Å². The third-order valence-electron chi connectivity index (χ3n) is 2.02.